The van der Waals surface area contributed by atoms with Gasteiger partial charge in [0.2, 0.25) is 11.8 Å². The average molecular weight is 292 g/mol. The normalized spacial score (nSPS) is 24.3. The summed E-state index contributed by atoms with van der Waals surface area (Å²) in [5.74, 6) is 0.944. The van der Waals surface area contributed by atoms with Gasteiger partial charge in [0.15, 0.2) is 0 Å². The summed E-state index contributed by atoms with van der Waals surface area (Å²) in [7, 11) is 0. The van der Waals surface area contributed by atoms with Crippen LogP contribution < -0.4 is 5.32 Å². The van der Waals surface area contributed by atoms with Crippen LogP contribution in [0.2, 0.25) is 0 Å². The minimum absolute atomic E-state index is 0.000227. The minimum Gasteiger partial charge on any atom is -0.469 e. The first-order chi connectivity index (χ1) is 9.91. The second kappa shape index (κ2) is 6.33. The van der Waals surface area contributed by atoms with Crippen LogP contribution in [0.15, 0.2) is 22.8 Å². The molecular formula is C16H24N2O3. The van der Waals surface area contributed by atoms with Crippen molar-refractivity contribution >= 4 is 11.8 Å². The Morgan fingerprint density at radius 2 is 2.05 bits per heavy atom. The van der Waals surface area contributed by atoms with Gasteiger partial charge in [-0.25, -0.2) is 0 Å². The molecule has 0 aromatic carbocycles. The van der Waals surface area contributed by atoms with Crippen molar-refractivity contribution in [2.45, 2.75) is 58.7 Å². The molecule has 0 aliphatic carbocycles. The molecule has 1 aliphatic heterocycles. The molecule has 1 aromatic rings. The van der Waals surface area contributed by atoms with E-state index in [2.05, 4.69) is 5.32 Å². The van der Waals surface area contributed by atoms with Crippen LogP contribution in [0.25, 0.3) is 0 Å². The Morgan fingerprint density at radius 3 is 2.62 bits per heavy atom. The molecule has 5 heteroatoms. The van der Waals surface area contributed by atoms with Crippen molar-refractivity contribution in [3.8, 4) is 0 Å². The van der Waals surface area contributed by atoms with Crippen LogP contribution in [0.4, 0.5) is 0 Å². The van der Waals surface area contributed by atoms with Crippen LogP contribution in [0.5, 0.6) is 0 Å². The van der Waals surface area contributed by atoms with E-state index in [0.717, 1.165) is 18.6 Å². The van der Waals surface area contributed by atoms with Gasteiger partial charge in [0.05, 0.1) is 6.26 Å². The Kier molecular flexibility index (Phi) is 4.70. The molecule has 5 nitrogen and oxygen atoms in total. The Morgan fingerprint density at radius 1 is 1.33 bits per heavy atom. The number of amides is 2. The molecule has 1 aromatic heterocycles. The molecule has 2 heterocycles. The lowest BCUT2D eigenvalue weighted by Crippen LogP contribution is -2.66. The van der Waals surface area contributed by atoms with Gasteiger partial charge in [-0.05, 0) is 38.3 Å². The van der Waals surface area contributed by atoms with E-state index in [1.54, 1.807) is 18.1 Å². The summed E-state index contributed by atoms with van der Waals surface area (Å²) < 4.78 is 5.33. The lowest BCUT2D eigenvalue weighted by molar-refractivity contribution is -0.153. The quantitative estimate of drug-likeness (QED) is 0.902. The molecular weight excluding hydrogens is 268 g/mol. The number of carbonyl (C=O) groups excluding carboxylic acids is 2. The Hall–Kier alpha value is -1.78. The van der Waals surface area contributed by atoms with Gasteiger partial charge in [-0.3, -0.25) is 9.59 Å². The zero-order chi connectivity index (χ0) is 15.6. The topological polar surface area (TPSA) is 62.6 Å². The van der Waals surface area contributed by atoms with Crippen molar-refractivity contribution < 1.29 is 14.0 Å². The van der Waals surface area contributed by atoms with Gasteiger partial charge in [0.1, 0.15) is 17.8 Å². The first-order valence-corrected chi connectivity index (χ1v) is 7.56. The lowest BCUT2D eigenvalue weighted by atomic mass is 9.94. The number of hydrogen-bond acceptors (Lipinski definition) is 3. The van der Waals surface area contributed by atoms with E-state index < -0.39 is 6.04 Å². The van der Waals surface area contributed by atoms with E-state index >= 15 is 0 Å². The van der Waals surface area contributed by atoms with Crippen LogP contribution in [-0.4, -0.2) is 34.8 Å². The zero-order valence-corrected chi connectivity index (χ0v) is 13.1. The Balaban J connectivity index is 2.11. The van der Waals surface area contributed by atoms with E-state index in [0.29, 0.717) is 0 Å². The fraction of sp³-hybridized carbons (Fsp3) is 0.625. The molecule has 0 radical (unpaired) electrons. The predicted molar refractivity (Wildman–Crippen MR) is 79.6 cm³/mol. The maximum absolute atomic E-state index is 12.5. The van der Waals surface area contributed by atoms with Gasteiger partial charge >= 0.3 is 0 Å². The average Bonchev–Trinajstić information content (AvgIpc) is 2.92. The Bertz CT molecular complexity index is 496. The second-order valence-corrected chi connectivity index (χ2v) is 6.13. The summed E-state index contributed by atoms with van der Waals surface area (Å²) in [6, 6.07) is 2.96. The van der Waals surface area contributed by atoms with Gasteiger partial charge in [-0.15, -0.1) is 0 Å². The third-order valence-corrected chi connectivity index (χ3v) is 4.05. The molecule has 0 bridgehead atoms. The van der Waals surface area contributed by atoms with Crippen molar-refractivity contribution in [2.24, 2.45) is 5.92 Å². The minimum atomic E-state index is -0.446. The summed E-state index contributed by atoms with van der Waals surface area (Å²) in [6.45, 7) is 7.68. The monoisotopic (exact) mass is 292 g/mol. The summed E-state index contributed by atoms with van der Waals surface area (Å²) >= 11 is 0. The van der Waals surface area contributed by atoms with Crippen LogP contribution in [0, 0.1) is 5.92 Å². The number of nitrogens with one attached hydrogen (secondary N) is 1. The molecule has 0 spiro atoms. The van der Waals surface area contributed by atoms with E-state index in [4.69, 9.17) is 4.42 Å². The van der Waals surface area contributed by atoms with E-state index in [1.807, 2.05) is 32.9 Å². The van der Waals surface area contributed by atoms with Gasteiger partial charge in [-0.1, -0.05) is 13.8 Å². The van der Waals surface area contributed by atoms with Crippen molar-refractivity contribution in [3.63, 3.8) is 0 Å². The zero-order valence-electron chi connectivity index (χ0n) is 13.1. The standard InChI is InChI=1S/C16H24N2O3/c1-10(2)14-15(19)17-12(4)16(20)18(14)11(3)7-8-13-6-5-9-21-13/h5-6,9-12,14H,7-8H2,1-4H3,(H,17,19). The third-order valence-electron chi connectivity index (χ3n) is 4.05. The van der Waals surface area contributed by atoms with Crippen LogP contribution in [0.3, 0.4) is 0 Å². The fourth-order valence-electron chi connectivity index (χ4n) is 2.91. The molecule has 1 saturated heterocycles. The molecule has 1 N–H and O–H groups in total. The number of carbonyl (C=O) groups is 2. The first kappa shape index (κ1) is 15.6. The predicted octanol–water partition coefficient (Wildman–Crippen LogP) is 1.97. The highest BCUT2D eigenvalue weighted by molar-refractivity contribution is 5.97. The third kappa shape index (κ3) is 3.28. The molecule has 1 fully saturated rings. The second-order valence-electron chi connectivity index (χ2n) is 6.13. The maximum Gasteiger partial charge on any atom is 0.245 e. The highest BCUT2D eigenvalue weighted by atomic mass is 16.3. The number of rotatable bonds is 5. The Labute approximate surface area is 125 Å². The van der Waals surface area contributed by atoms with Gasteiger partial charge in [0.25, 0.3) is 0 Å². The van der Waals surface area contributed by atoms with Crippen molar-refractivity contribution in [3.05, 3.63) is 24.2 Å². The van der Waals surface area contributed by atoms with E-state index in [-0.39, 0.29) is 29.8 Å². The van der Waals surface area contributed by atoms with Crippen molar-refractivity contribution in [1.82, 2.24) is 10.2 Å². The van der Waals surface area contributed by atoms with Gasteiger partial charge < -0.3 is 14.6 Å². The highest BCUT2D eigenvalue weighted by Crippen LogP contribution is 2.22. The number of furan rings is 1. The number of aryl methyl sites for hydroxylation is 1. The van der Waals surface area contributed by atoms with Gasteiger partial charge in [0, 0.05) is 12.5 Å². The lowest BCUT2D eigenvalue weighted by Gasteiger charge is -2.43. The summed E-state index contributed by atoms with van der Waals surface area (Å²) in [6.07, 6.45) is 3.19. The number of hydrogen-bond donors (Lipinski definition) is 1. The molecule has 2 rings (SSSR count). The SMILES string of the molecule is CC1NC(=O)C(C(C)C)N(C(C)CCc2ccco2)C1=O. The van der Waals surface area contributed by atoms with E-state index in [1.165, 1.54) is 0 Å². The van der Waals surface area contributed by atoms with Crippen LogP contribution in [0.1, 0.15) is 39.9 Å². The molecule has 116 valence electrons. The van der Waals surface area contributed by atoms with Crippen LogP contribution in [-0.2, 0) is 16.0 Å². The molecule has 0 saturated carbocycles. The largest absolute Gasteiger partial charge is 0.469 e. The van der Waals surface area contributed by atoms with Crippen molar-refractivity contribution in [2.75, 3.05) is 0 Å². The fourth-order valence-corrected chi connectivity index (χ4v) is 2.91. The molecule has 1 aliphatic rings. The van der Waals surface area contributed by atoms with E-state index in [9.17, 15) is 9.59 Å². The summed E-state index contributed by atoms with van der Waals surface area (Å²) in [5, 5.41) is 2.77. The van der Waals surface area contributed by atoms with Crippen LogP contribution >= 0.6 is 0 Å². The maximum atomic E-state index is 12.5. The highest BCUT2D eigenvalue weighted by Gasteiger charge is 2.42. The smallest absolute Gasteiger partial charge is 0.245 e. The molecule has 3 unspecified atom stereocenters. The van der Waals surface area contributed by atoms with Gasteiger partial charge in [-0.2, -0.15) is 0 Å². The molecule has 2 amide bonds. The summed E-state index contributed by atoms with van der Waals surface area (Å²) in [5.41, 5.74) is 0. The number of nitrogens with zero attached hydrogens (tertiary/aromatic N) is 1. The number of piperazine rings is 1. The van der Waals surface area contributed by atoms with Crippen molar-refractivity contribution in [1.29, 1.82) is 0 Å². The summed E-state index contributed by atoms with van der Waals surface area (Å²) in [4.78, 5) is 26.5. The molecule has 21 heavy (non-hydrogen) atoms. The molecule has 3 atom stereocenters. The first-order valence-electron chi connectivity index (χ1n) is 7.56.